The molecule has 0 N–H and O–H groups in total. The molecule has 0 amide bonds. The molecule has 2 heterocycles. The number of ether oxygens (including phenoxy) is 3. The van der Waals surface area contributed by atoms with Gasteiger partial charge in [0, 0.05) is 11.6 Å². The Labute approximate surface area is 161 Å². The van der Waals surface area contributed by atoms with E-state index in [9.17, 15) is 4.79 Å². The Kier molecular flexibility index (Phi) is 5.38. The number of hydrogen-bond acceptors (Lipinski definition) is 5. The van der Waals surface area contributed by atoms with Gasteiger partial charge in [-0.2, -0.15) is 0 Å². The average molecular weight is 387 g/mol. The molecule has 1 aliphatic rings. The first kappa shape index (κ1) is 18.0. The molecule has 27 heavy (non-hydrogen) atoms. The Morgan fingerprint density at radius 3 is 2.85 bits per heavy atom. The van der Waals surface area contributed by atoms with Crippen LogP contribution in [0, 0.1) is 0 Å². The SMILES string of the molecule is O=C(OCc1nc2cc(Cl)ccc2n1Cc1ccccc1)C1COCCO1. The van der Waals surface area contributed by atoms with E-state index in [1.54, 1.807) is 0 Å². The number of fused-ring (bicyclic) bond motifs is 1. The van der Waals surface area contributed by atoms with Crippen LogP contribution in [0.3, 0.4) is 0 Å². The van der Waals surface area contributed by atoms with E-state index in [1.165, 1.54) is 0 Å². The third-order valence-electron chi connectivity index (χ3n) is 4.40. The van der Waals surface area contributed by atoms with Crippen LogP contribution in [0.1, 0.15) is 11.4 Å². The van der Waals surface area contributed by atoms with Crippen LogP contribution in [0.2, 0.25) is 5.02 Å². The molecule has 2 aromatic carbocycles. The molecule has 0 bridgehead atoms. The van der Waals surface area contributed by atoms with Crippen molar-refractivity contribution in [2.75, 3.05) is 19.8 Å². The van der Waals surface area contributed by atoms with Crippen molar-refractivity contribution in [3.05, 3.63) is 64.9 Å². The van der Waals surface area contributed by atoms with Gasteiger partial charge in [-0.3, -0.25) is 0 Å². The van der Waals surface area contributed by atoms with Crippen LogP contribution in [-0.2, 0) is 32.2 Å². The quantitative estimate of drug-likeness (QED) is 0.630. The van der Waals surface area contributed by atoms with Gasteiger partial charge < -0.3 is 18.8 Å². The highest BCUT2D eigenvalue weighted by molar-refractivity contribution is 6.31. The molecule has 0 spiro atoms. The number of nitrogens with zero attached hydrogens (tertiary/aromatic N) is 2. The van der Waals surface area contributed by atoms with Gasteiger partial charge in [0.15, 0.2) is 6.10 Å². The van der Waals surface area contributed by atoms with Crippen LogP contribution in [-0.4, -0.2) is 41.4 Å². The van der Waals surface area contributed by atoms with Gasteiger partial charge in [-0.05, 0) is 23.8 Å². The summed E-state index contributed by atoms with van der Waals surface area (Å²) in [4.78, 5) is 16.8. The summed E-state index contributed by atoms with van der Waals surface area (Å²) in [6.07, 6.45) is -0.680. The largest absolute Gasteiger partial charge is 0.456 e. The molecule has 4 rings (SSSR count). The van der Waals surface area contributed by atoms with Crippen LogP contribution in [0.15, 0.2) is 48.5 Å². The summed E-state index contributed by atoms with van der Waals surface area (Å²) < 4.78 is 18.1. The Bertz CT molecular complexity index is 936. The lowest BCUT2D eigenvalue weighted by atomic mass is 10.2. The van der Waals surface area contributed by atoms with E-state index in [4.69, 9.17) is 25.8 Å². The number of halogens is 1. The summed E-state index contributed by atoms with van der Waals surface area (Å²) in [6, 6.07) is 15.6. The lowest BCUT2D eigenvalue weighted by Crippen LogP contribution is -2.36. The first-order chi connectivity index (χ1) is 13.2. The van der Waals surface area contributed by atoms with Gasteiger partial charge in [-0.25, -0.2) is 9.78 Å². The van der Waals surface area contributed by atoms with Crippen molar-refractivity contribution in [3.8, 4) is 0 Å². The standard InChI is InChI=1S/C20H19ClN2O4/c21-15-6-7-17-16(10-15)22-19(23(17)11-14-4-2-1-3-5-14)13-27-20(24)18-12-25-8-9-26-18/h1-7,10,18H,8-9,11-13H2. The predicted octanol–water partition coefficient (Wildman–Crippen LogP) is 3.20. The summed E-state index contributed by atoms with van der Waals surface area (Å²) in [5, 5.41) is 0.614. The molecule has 0 radical (unpaired) electrons. The third kappa shape index (κ3) is 4.13. The van der Waals surface area contributed by atoms with Crippen LogP contribution >= 0.6 is 11.6 Å². The molecule has 0 aliphatic carbocycles. The minimum absolute atomic E-state index is 0.0534. The normalized spacial score (nSPS) is 17.1. The van der Waals surface area contributed by atoms with E-state index in [1.807, 2.05) is 53.1 Å². The molecule has 1 fully saturated rings. The van der Waals surface area contributed by atoms with Gasteiger partial charge >= 0.3 is 5.97 Å². The van der Waals surface area contributed by atoms with Crippen molar-refractivity contribution in [1.82, 2.24) is 9.55 Å². The monoisotopic (exact) mass is 386 g/mol. The van der Waals surface area contributed by atoms with E-state index >= 15 is 0 Å². The zero-order valence-electron chi connectivity index (χ0n) is 14.6. The number of imidazole rings is 1. The predicted molar refractivity (Wildman–Crippen MR) is 101 cm³/mol. The second kappa shape index (κ2) is 8.08. The number of carbonyl (C=O) groups is 1. The van der Waals surface area contributed by atoms with Crippen molar-refractivity contribution in [2.24, 2.45) is 0 Å². The van der Waals surface area contributed by atoms with Gasteiger partial charge in [0.2, 0.25) is 0 Å². The molecule has 1 unspecified atom stereocenters. The van der Waals surface area contributed by atoms with Crippen molar-refractivity contribution < 1.29 is 19.0 Å². The van der Waals surface area contributed by atoms with Crippen molar-refractivity contribution >= 4 is 28.6 Å². The minimum Gasteiger partial charge on any atom is -0.456 e. The van der Waals surface area contributed by atoms with Gasteiger partial charge in [-0.1, -0.05) is 41.9 Å². The number of hydrogen-bond donors (Lipinski definition) is 0. The molecule has 0 saturated carbocycles. The second-order valence-corrected chi connectivity index (χ2v) is 6.71. The Balaban J connectivity index is 1.58. The molecule has 1 aromatic heterocycles. The lowest BCUT2D eigenvalue weighted by Gasteiger charge is -2.21. The fourth-order valence-corrected chi connectivity index (χ4v) is 3.22. The summed E-state index contributed by atoms with van der Waals surface area (Å²) in [5.74, 6) is 0.215. The zero-order chi connectivity index (χ0) is 18.6. The van der Waals surface area contributed by atoms with E-state index in [0.29, 0.717) is 30.6 Å². The maximum Gasteiger partial charge on any atom is 0.338 e. The number of esters is 1. The van der Waals surface area contributed by atoms with Crippen LogP contribution in [0.25, 0.3) is 11.0 Å². The van der Waals surface area contributed by atoms with Gasteiger partial charge in [-0.15, -0.1) is 0 Å². The first-order valence-electron chi connectivity index (χ1n) is 8.75. The summed E-state index contributed by atoms with van der Waals surface area (Å²) in [5.41, 5.74) is 2.83. The Hall–Kier alpha value is -2.41. The van der Waals surface area contributed by atoms with Crippen molar-refractivity contribution in [3.63, 3.8) is 0 Å². The van der Waals surface area contributed by atoms with Crippen LogP contribution < -0.4 is 0 Å². The molecule has 3 aromatic rings. The number of rotatable bonds is 5. The molecular formula is C20H19ClN2O4. The van der Waals surface area contributed by atoms with Crippen LogP contribution in [0.4, 0.5) is 0 Å². The molecule has 1 atom stereocenters. The summed E-state index contributed by atoms with van der Waals surface area (Å²) >= 11 is 6.10. The minimum atomic E-state index is -0.680. The number of benzene rings is 2. The number of carbonyl (C=O) groups excluding carboxylic acids is 1. The van der Waals surface area contributed by atoms with Crippen LogP contribution in [0.5, 0.6) is 0 Å². The number of aromatic nitrogens is 2. The van der Waals surface area contributed by atoms with E-state index in [-0.39, 0.29) is 13.2 Å². The lowest BCUT2D eigenvalue weighted by molar-refractivity contribution is -0.172. The summed E-state index contributed by atoms with van der Waals surface area (Å²) in [6.45, 7) is 1.78. The average Bonchev–Trinajstić information content (AvgIpc) is 3.04. The highest BCUT2D eigenvalue weighted by atomic mass is 35.5. The zero-order valence-corrected chi connectivity index (χ0v) is 15.4. The second-order valence-electron chi connectivity index (χ2n) is 6.27. The fourth-order valence-electron chi connectivity index (χ4n) is 3.06. The maximum absolute atomic E-state index is 12.2. The van der Waals surface area contributed by atoms with Crippen molar-refractivity contribution in [1.29, 1.82) is 0 Å². The molecule has 6 nitrogen and oxygen atoms in total. The Morgan fingerprint density at radius 2 is 2.07 bits per heavy atom. The van der Waals surface area contributed by atoms with E-state index in [2.05, 4.69) is 4.98 Å². The molecular weight excluding hydrogens is 368 g/mol. The third-order valence-corrected chi connectivity index (χ3v) is 4.63. The van der Waals surface area contributed by atoms with Crippen molar-refractivity contribution in [2.45, 2.75) is 19.3 Å². The van der Waals surface area contributed by atoms with E-state index < -0.39 is 12.1 Å². The Morgan fingerprint density at radius 1 is 1.22 bits per heavy atom. The molecule has 1 saturated heterocycles. The molecule has 1 aliphatic heterocycles. The fraction of sp³-hybridized carbons (Fsp3) is 0.300. The highest BCUT2D eigenvalue weighted by Gasteiger charge is 2.25. The highest BCUT2D eigenvalue weighted by Crippen LogP contribution is 2.22. The smallest absolute Gasteiger partial charge is 0.338 e. The maximum atomic E-state index is 12.2. The topological polar surface area (TPSA) is 62.6 Å². The van der Waals surface area contributed by atoms with Gasteiger partial charge in [0.05, 0.1) is 30.9 Å². The molecule has 140 valence electrons. The first-order valence-corrected chi connectivity index (χ1v) is 9.13. The van der Waals surface area contributed by atoms with E-state index in [0.717, 1.165) is 16.6 Å². The van der Waals surface area contributed by atoms with Gasteiger partial charge in [0.1, 0.15) is 12.4 Å². The molecule has 7 heteroatoms. The summed E-state index contributed by atoms with van der Waals surface area (Å²) in [7, 11) is 0. The van der Waals surface area contributed by atoms with Gasteiger partial charge in [0.25, 0.3) is 0 Å².